The first kappa shape index (κ1) is 28.2. The van der Waals surface area contributed by atoms with E-state index in [1.54, 1.807) is 16.3 Å². The Balaban J connectivity index is 0.00000308. The van der Waals surface area contributed by atoms with Crippen LogP contribution in [-0.4, -0.2) is 26.9 Å². The minimum atomic E-state index is -2.04. The fourth-order valence-electron chi connectivity index (χ4n) is 8.33. The molecule has 0 spiro atoms. The zero-order chi connectivity index (χ0) is 26.9. The Morgan fingerprint density at radius 3 is 2.51 bits per heavy atom. The summed E-state index contributed by atoms with van der Waals surface area (Å²) in [6, 6.07) is 18.5. The van der Waals surface area contributed by atoms with E-state index < -0.39 is 16.1 Å². The van der Waals surface area contributed by atoms with Crippen LogP contribution in [0.4, 0.5) is 0 Å². The lowest BCUT2D eigenvalue weighted by molar-refractivity contribution is -0.129. The number of fused-ring (bicyclic) bond motifs is 6. The van der Waals surface area contributed by atoms with Gasteiger partial charge in [0.2, 0.25) is 0 Å². The van der Waals surface area contributed by atoms with Crippen LogP contribution in [0.1, 0.15) is 69.1 Å². The van der Waals surface area contributed by atoms with Crippen molar-refractivity contribution < 1.29 is 4.79 Å². The minimum Gasteiger partial charge on any atom is -0.299 e. The zero-order valence-corrected chi connectivity index (χ0v) is 26.1. The molecule has 206 valence electrons. The summed E-state index contributed by atoms with van der Waals surface area (Å²) in [5.41, 5.74) is 8.40. The molecule has 0 N–H and O–H groups in total. The van der Waals surface area contributed by atoms with E-state index in [2.05, 4.69) is 87.8 Å². The average Bonchev–Trinajstić information content (AvgIpc) is 3.20. The summed E-state index contributed by atoms with van der Waals surface area (Å²) >= 11 is 0. The van der Waals surface area contributed by atoms with Crippen LogP contribution in [0.25, 0.3) is 16.1 Å². The summed E-state index contributed by atoms with van der Waals surface area (Å²) < 4.78 is 0. The summed E-state index contributed by atoms with van der Waals surface area (Å²) in [7, 11) is -3.53. The van der Waals surface area contributed by atoms with Crippen LogP contribution in [0.3, 0.4) is 0 Å². The van der Waals surface area contributed by atoms with E-state index in [1.807, 2.05) is 12.3 Å². The Morgan fingerprint density at radius 1 is 0.974 bits per heavy atom. The molecule has 3 aliphatic carbocycles. The molecule has 2 saturated carbocycles. The summed E-state index contributed by atoms with van der Waals surface area (Å²) in [4.78, 5) is 17.6. The second-order valence-electron chi connectivity index (χ2n) is 14.2. The maximum absolute atomic E-state index is 12.8. The molecular weight excluding hydrogens is 507 g/mol. The minimum absolute atomic E-state index is 0. The van der Waals surface area contributed by atoms with Crippen molar-refractivity contribution in [2.45, 2.75) is 91.5 Å². The Morgan fingerprint density at radius 2 is 1.74 bits per heavy atom. The highest BCUT2D eigenvalue weighted by atomic mass is 28.3. The molecule has 1 aromatic heterocycles. The number of nitrogens with zero attached hydrogens (tertiary/aromatic N) is 1. The molecule has 4 atom stereocenters. The van der Waals surface area contributed by atoms with Crippen LogP contribution >= 0.6 is 0 Å². The number of Topliss-reactive ketones (excluding diaryl/α,β-unsaturated/α-hetero) is 1. The Labute approximate surface area is 238 Å². The zero-order valence-electron chi connectivity index (χ0n) is 24.1. The van der Waals surface area contributed by atoms with Gasteiger partial charge in [0.15, 0.2) is 0 Å². The van der Waals surface area contributed by atoms with Gasteiger partial charge in [0.1, 0.15) is 13.9 Å². The normalized spacial score (nSPS) is 27.0. The smallest absolute Gasteiger partial charge is 0.139 e. The molecule has 0 bridgehead atoms. The van der Waals surface area contributed by atoms with E-state index in [1.165, 1.54) is 34.5 Å². The van der Waals surface area contributed by atoms with E-state index in [9.17, 15) is 4.79 Å². The quantitative estimate of drug-likeness (QED) is 0.302. The van der Waals surface area contributed by atoms with E-state index in [0.29, 0.717) is 23.5 Å². The summed E-state index contributed by atoms with van der Waals surface area (Å²) in [6.07, 6.45) is 8.53. The lowest BCUT2D eigenvalue weighted by Crippen LogP contribution is -2.45. The van der Waals surface area contributed by atoms with Crippen molar-refractivity contribution in [3.05, 3.63) is 77.1 Å². The van der Waals surface area contributed by atoms with Crippen LogP contribution in [0.5, 0.6) is 0 Å². The molecule has 3 aliphatic rings. The lowest BCUT2D eigenvalue weighted by Gasteiger charge is -2.48. The first-order valence-electron chi connectivity index (χ1n) is 14.7. The second kappa shape index (κ2) is 9.96. The van der Waals surface area contributed by atoms with Gasteiger partial charge in [-0.1, -0.05) is 100 Å². The highest BCUT2D eigenvalue weighted by Crippen LogP contribution is 2.59. The van der Waals surface area contributed by atoms with Gasteiger partial charge in [0.25, 0.3) is 0 Å². The van der Waals surface area contributed by atoms with Crippen LogP contribution in [0.2, 0.25) is 32.7 Å². The topological polar surface area (TPSA) is 30.0 Å². The highest BCUT2D eigenvalue weighted by Gasteiger charge is 2.54. The monoisotopic (exact) mass is 553 g/mol. The molecular formula is C35H47NOSi2. The van der Waals surface area contributed by atoms with Crippen molar-refractivity contribution in [1.82, 2.24) is 4.98 Å². The third-order valence-corrected chi connectivity index (χ3v) is 15.3. The van der Waals surface area contributed by atoms with Gasteiger partial charge in [-0.3, -0.25) is 9.78 Å². The molecule has 2 nitrogen and oxygen atoms in total. The van der Waals surface area contributed by atoms with Gasteiger partial charge in [0.05, 0.1) is 13.6 Å². The number of rotatable bonds is 4. The standard InChI is InChI=1S/C34H43NOSi2.CH4/c1-34-19-18-27-26-14-13-25(21-24(26)12-15-28(27)29(34)16-17-32(34)36)31(22-37(2,3)4)38(5,6)30-11-7-9-23-10-8-20-35-33(23)30;/h7-11,13-14,20-22,27-29H,12,15-19H2,1-6H3;1H4/b31-22+;/t27-,28-,29+,34+;/m1./s1. The van der Waals surface area contributed by atoms with Gasteiger partial charge in [-0.15, -0.1) is 0 Å². The molecule has 0 saturated heterocycles. The fourth-order valence-corrected chi connectivity index (χ4v) is 14.6. The van der Waals surface area contributed by atoms with Crippen molar-refractivity contribution in [2.75, 3.05) is 0 Å². The van der Waals surface area contributed by atoms with Crippen LogP contribution in [0, 0.1) is 17.3 Å². The number of carbonyl (C=O) groups excluding carboxylic acids is 1. The number of hydrogen-bond donors (Lipinski definition) is 0. The van der Waals surface area contributed by atoms with E-state index in [0.717, 1.165) is 25.7 Å². The van der Waals surface area contributed by atoms with Gasteiger partial charge < -0.3 is 0 Å². The number of para-hydroxylation sites is 1. The summed E-state index contributed by atoms with van der Waals surface area (Å²) in [5.74, 6) is 2.45. The molecule has 4 heteroatoms. The maximum Gasteiger partial charge on any atom is 0.139 e. The van der Waals surface area contributed by atoms with E-state index in [4.69, 9.17) is 4.98 Å². The van der Waals surface area contributed by atoms with E-state index >= 15 is 0 Å². The Bertz CT molecular complexity index is 1440. The third kappa shape index (κ3) is 4.72. The Kier molecular flexibility index (Phi) is 7.21. The second-order valence-corrected chi connectivity index (χ2v) is 23.5. The molecule has 0 amide bonds. The molecule has 39 heavy (non-hydrogen) atoms. The third-order valence-electron chi connectivity index (χ3n) is 10.3. The summed E-state index contributed by atoms with van der Waals surface area (Å²) in [6.45, 7) is 14.7. The average molecular weight is 554 g/mol. The summed E-state index contributed by atoms with van der Waals surface area (Å²) in [5, 5.41) is 4.26. The largest absolute Gasteiger partial charge is 0.299 e. The van der Waals surface area contributed by atoms with Gasteiger partial charge in [0, 0.05) is 23.4 Å². The fraction of sp³-hybridized carbons (Fsp3) is 0.486. The highest BCUT2D eigenvalue weighted by molar-refractivity contribution is 7.07. The molecule has 6 rings (SSSR count). The molecule has 2 aromatic carbocycles. The molecule has 0 aliphatic heterocycles. The first-order valence-corrected chi connectivity index (χ1v) is 21.3. The molecule has 0 radical (unpaired) electrons. The predicted octanol–water partition coefficient (Wildman–Crippen LogP) is 8.71. The van der Waals surface area contributed by atoms with Crippen molar-refractivity contribution in [1.29, 1.82) is 0 Å². The molecule has 2 fully saturated rings. The van der Waals surface area contributed by atoms with Crippen molar-refractivity contribution >= 4 is 43.2 Å². The van der Waals surface area contributed by atoms with Gasteiger partial charge in [-0.25, -0.2) is 0 Å². The number of hydrogen-bond acceptors (Lipinski definition) is 2. The van der Waals surface area contributed by atoms with Crippen molar-refractivity contribution in [2.24, 2.45) is 17.3 Å². The maximum atomic E-state index is 12.8. The van der Waals surface area contributed by atoms with Crippen LogP contribution < -0.4 is 5.19 Å². The first-order chi connectivity index (χ1) is 18.0. The predicted molar refractivity (Wildman–Crippen MR) is 173 cm³/mol. The Hall–Kier alpha value is -2.31. The molecule has 0 unspecified atom stereocenters. The van der Waals surface area contributed by atoms with Gasteiger partial charge in [-0.2, -0.15) is 0 Å². The number of aryl methyl sites for hydroxylation is 1. The molecule has 3 aromatic rings. The van der Waals surface area contributed by atoms with Crippen molar-refractivity contribution in [3.63, 3.8) is 0 Å². The van der Waals surface area contributed by atoms with E-state index in [-0.39, 0.29) is 12.8 Å². The van der Waals surface area contributed by atoms with Crippen molar-refractivity contribution in [3.8, 4) is 0 Å². The number of benzene rings is 2. The van der Waals surface area contributed by atoms with Gasteiger partial charge >= 0.3 is 0 Å². The SMILES string of the molecule is C.C[C@]12CC[C@@H]3c4ccc(/C(=C\[Si](C)(C)C)[Si](C)(C)c5cccc6cccnc56)cc4CC[C@H]3[C@@H]1CCC2=O. The number of aromatic nitrogens is 1. The van der Waals surface area contributed by atoms with Crippen LogP contribution in [0.15, 0.2) is 60.4 Å². The molecule has 1 heterocycles. The van der Waals surface area contributed by atoms with Gasteiger partial charge in [-0.05, 0) is 77.8 Å². The van der Waals surface area contributed by atoms with Crippen LogP contribution in [-0.2, 0) is 11.2 Å². The number of carbonyl (C=O) groups is 1. The lowest BCUT2D eigenvalue weighted by atomic mass is 9.55. The number of ketones is 1. The number of pyridine rings is 1.